The highest BCUT2D eigenvalue weighted by molar-refractivity contribution is 7.89. The van der Waals surface area contributed by atoms with E-state index in [0.717, 1.165) is 5.56 Å². The van der Waals surface area contributed by atoms with Crippen LogP contribution in [0.3, 0.4) is 0 Å². The quantitative estimate of drug-likeness (QED) is 0.583. The first kappa shape index (κ1) is 23.4. The smallest absolute Gasteiger partial charge is 0.309 e. The van der Waals surface area contributed by atoms with E-state index in [0.29, 0.717) is 30.2 Å². The van der Waals surface area contributed by atoms with Gasteiger partial charge in [0.25, 0.3) is 0 Å². The molecule has 168 valence electrons. The van der Waals surface area contributed by atoms with Gasteiger partial charge in [-0.1, -0.05) is 17.7 Å². The molecule has 1 aliphatic heterocycles. The summed E-state index contributed by atoms with van der Waals surface area (Å²) < 4.78 is 32.4. The second kappa shape index (κ2) is 9.88. The molecule has 0 bridgehead atoms. The first-order valence-electron chi connectivity index (χ1n) is 10.2. The van der Waals surface area contributed by atoms with Gasteiger partial charge in [-0.25, -0.2) is 13.4 Å². The lowest BCUT2D eigenvalue weighted by molar-refractivity contribution is -0.151. The van der Waals surface area contributed by atoms with Crippen molar-refractivity contribution in [3.8, 4) is 0 Å². The van der Waals surface area contributed by atoms with Gasteiger partial charge in [-0.15, -0.1) is 11.3 Å². The van der Waals surface area contributed by atoms with Crippen LogP contribution in [0, 0.1) is 12.8 Å². The van der Waals surface area contributed by atoms with Gasteiger partial charge in [0.05, 0.1) is 16.5 Å². The fourth-order valence-electron chi connectivity index (χ4n) is 3.43. The minimum Gasteiger partial charge on any atom is -0.459 e. The second-order valence-electron chi connectivity index (χ2n) is 7.48. The van der Waals surface area contributed by atoms with Crippen molar-refractivity contribution in [2.24, 2.45) is 5.92 Å². The molecule has 31 heavy (non-hydrogen) atoms. The van der Waals surface area contributed by atoms with Crippen molar-refractivity contribution in [1.29, 1.82) is 0 Å². The van der Waals surface area contributed by atoms with Gasteiger partial charge in [-0.05, 0) is 38.8 Å². The van der Waals surface area contributed by atoms with Gasteiger partial charge in [0.15, 0.2) is 5.13 Å². The third kappa shape index (κ3) is 5.50. The molecule has 1 amide bonds. The number of aryl methyl sites for hydroxylation is 1. The Bertz CT molecular complexity index is 1030. The summed E-state index contributed by atoms with van der Waals surface area (Å²) in [5, 5.41) is 2.35. The van der Waals surface area contributed by atoms with E-state index in [1.54, 1.807) is 34.5 Å². The summed E-state index contributed by atoms with van der Waals surface area (Å²) in [5.41, 5.74) is 1.59. The first-order chi connectivity index (χ1) is 14.7. The van der Waals surface area contributed by atoms with Crippen molar-refractivity contribution in [3.05, 3.63) is 40.9 Å². The third-order valence-electron chi connectivity index (χ3n) is 5.28. The Balaban J connectivity index is 1.52. The third-order valence-corrected chi connectivity index (χ3v) is 8.10. The van der Waals surface area contributed by atoms with Crippen molar-refractivity contribution in [3.63, 3.8) is 0 Å². The number of thiazole rings is 1. The Morgan fingerprint density at radius 3 is 2.45 bits per heavy atom. The molecular weight excluding hydrogens is 438 g/mol. The van der Waals surface area contributed by atoms with Crippen molar-refractivity contribution in [1.82, 2.24) is 9.29 Å². The van der Waals surface area contributed by atoms with Gasteiger partial charge in [0.2, 0.25) is 15.9 Å². The molecule has 1 saturated heterocycles. The van der Waals surface area contributed by atoms with Gasteiger partial charge in [0.1, 0.15) is 6.61 Å². The second-order valence-corrected chi connectivity index (χ2v) is 10.3. The molecule has 2 aromatic rings. The fraction of sp³-hybridized carbons (Fsp3) is 0.476. The first-order valence-corrected chi connectivity index (χ1v) is 12.5. The molecule has 0 aliphatic carbocycles. The SMILES string of the molecule is CCN(C(C)=O)c1nc(COC(=O)C2CCN(S(=O)(=O)c3ccc(C)cc3)CC2)cs1. The maximum atomic E-state index is 12.8. The number of amides is 1. The van der Waals surface area contributed by atoms with Crippen LogP contribution < -0.4 is 4.90 Å². The lowest BCUT2D eigenvalue weighted by atomic mass is 9.98. The Hall–Kier alpha value is -2.30. The van der Waals surface area contributed by atoms with Crippen LogP contribution in [0.1, 0.15) is 37.9 Å². The van der Waals surface area contributed by atoms with Crippen LogP contribution in [0.15, 0.2) is 34.5 Å². The number of piperidine rings is 1. The largest absolute Gasteiger partial charge is 0.459 e. The van der Waals surface area contributed by atoms with Gasteiger partial charge in [-0.3, -0.25) is 14.5 Å². The molecule has 8 nitrogen and oxygen atoms in total. The van der Waals surface area contributed by atoms with Crippen LogP contribution in [0.2, 0.25) is 0 Å². The molecule has 10 heteroatoms. The highest BCUT2D eigenvalue weighted by Crippen LogP contribution is 2.26. The predicted octanol–water partition coefficient (Wildman–Crippen LogP) is 2.97. The van der Waals surface area contributed by atoms with Crippen molar-refractivity contribution in [2.75, 3.05) is 24.5 Å². The number of anilines is 1. The van der Waals surface area contributed by atoms with Crippen molar-refractivity contribution in [2.45, 2.75) is 45.1 Å². The van der Waals surface area contributed by atoms with Gasteiger partial charge < -0.3 is 4.74 Å². The number of hydrogen-bond acceptors (Lipinski definition) is 7. The van der Waals surface area contributed by atoms with E-state index in [9.17, 15) is 18.0 Å². The number of ether oxygens (including phenoxy) is 1. The zero-order valence-electron chi connectivity index (χ0n) is 17.9. The van der Waals surface area contributed by atoms with Crippen molar-refractivity contribution < 1.29 is 22.7 Å². The zero-order chi connectivity index (χ0) is 22.6. The van der Waals surface area contributed by atoms with Crippen LogP contribution in [0.4, 0.5) is 5.13 Å². The summed E-state index contributed by atoms with van der Waals surface area (Å²) in [7, 11) is -3.56. The Morgan fingerprint density at radius 1 is 1.23 bits per heavy atom. The molecule has 1 aromatic carbocycles. The minimum atomic E-state index is -3.56. The van der Waals surface area contributed by atoms with E-state index in [2.05, 4.69) is 4.98 Å². The maximum Gasteiger partial charge on any atom is 0.309 e. The Labute approximate surface area is 186 Å². The number of carbonyl (C=O) groups excluding carboxylic acids is 2. The van der Waals surface area contributed by atoms with Gasteiger partial charge >= 0.3 is 5.97 Å². The van der Waals surface area contributed by atoms with E-state index in [1.807, 2.05) is 13.8 Å². The van der Waals surface area contributed by atoms with Gasteiger partial charge in [0, 0.05) is 31.9 Å². The Morgan fingerprint density at radius 2 is 1.87 bits per heavy atom. The predicted molar refractivity (Wildman–Crippen MR) is 118 cm³/mol. The molecule has 0 atom stereocenters. The molecule has 0 saturated carbocycles. The number of carbonyl (C=O) groups is 2. The minimum absolute atomic E-state index is 0.0344. The normalized spacial score (nSPS) is 15.6. The number of esters is 1. The number of nitrogens with zero attached hydrogens (tertiary/aromatic N) is 3. The van der Waals surface area contributed by atoms with Crippen LogP contribution >= 0.6 is 11.3 Å². The van der Waals surface area contributed by atoms with Crippen LogP contribution in [-0.2, 0) is 31.0 Å². The summed E-state index contributed by atoms with van der Waals surface area (Å²) in [6.07, 6.45) is 0.834. The summed E-state index contributed by atoms with van der Waals surface area (Å²) >= 11 is 1.33. The molecule has 1 aliphatic rings. The maximum absolute atomic E-state index is 12.8. The molecule has 3 rings (SSSR count). The highest BCUT2D eigenvalue weighted by Gasteiger charge is 2.32. The number of benzene rings is 1. The summed E-state index contributed by atoms with van der Waals surface area (Å²) in [5.74, 6) is -0.777. The summed E-state index contributed by atoms with van der Waals surface area (Å²) in [6, 6.07) is 6.77. The van der Waals surface area contributed by atoms with E-state index in [4.69, 9.17) is 4.74 Å². The van der Waals surface area contributed by atoms with E-state index in [-0.39, 0.29) is 42.4 Å². The highest BCUT2D eigenvalue weighted by atomic mass is 32.2. The number of aromatic nitrogens is 1. The molecular formula is C21H27N3O5S2. The standard InChI is InChI=1S/C21H27N3O5S2/c1-4-24(16(3)25)21-22-18(14-30-21)13-29-20(26)17-9-11-23(12-10-17)31(27,28)19-7-5-15(2)6-8-19/h5-8,14,17H,4,9-13H2,1-3H3. The lowest BCUT2D eigenvalue weighted by Gasteiger charge is -2.30. The van der Waals surface area contributed by atoms with Gasteiger partial charge in [-0.2, -0.15) is 4.31 Å². The van der Waals surface area contributed by atoms with E-state index < -0.39 is 10.0 Å². The average molecular weight is 466 g/mol. The Kier molecular flexibility index (Phi) is 7.45. The average Bonchev–Trinajstić information content (AvgIpc) is 3.21. The fourth-order valence-corrected chi connectivity index (χ4v) is 5.82. The van der Waals surface area contributed by atoms with Crippen LogP contribution in [-0.4, -0.2) is 49.2 Å². The zero-order valence-corrected chi connectivity index (χ0v) is 19.5. The lowest BCUT2D eigenvalue weighted by Crippen LogP contribution is -2.40. The molecule has 0 spiro atoms. The van der Waals surface area contributed by atoms with Crippen molar-refractivity contribution >= 4 is 38.4 Å². The molecule has 0 N–H and O–H groups in total. The molecule has 0 unspecified atom stereocenters. The monoisotopic (exact) mass is 465 g/mol. The molecule has 2 heterocycles. The van der Waals surface area contributed by atoms with E-state index >= 15 is 0 Å². The number of sulfonamides is 1. The number of rotatable bonds is 7. The van der Waals surface area contributed by atoms with E-state index in [1.165, 1.54) is 22.6 Å². The summed E-state index contributed by atoms with van der Waals surface area (Å²) in [4.78, 5) is 30.3. The molecule has 1 fully saturated rings. The van der Waals surface area contributed by atoms with Crippen LogP contribution in [0.25, 0.3) is 0 Å². The van der Waals surface area contributed by atoms with Crippen LogP contribution in [0.5, 0.6) is 0 Å². The molecule has 1 aromatic heterocycles. The summed E-state index contributed by atoms with van der Waals surface area (Å²) in [6.45, 7) is 6.37. The molecule has 0 radical (unpaired) electrons. The number of hydrogen-bond donors (Lipinski definition) is 0. The topological polar surface area (TPSA) is 96.9 Å².